The minimum atomic E-state index is 0.591. The van der Waals surface area contributed by atoms with Crippen LogP contribution in [0.25, 0.3) is 11.4 Å². The highest BCUT2D eigenvalue weighted by molar-refractivity contribution is 7.71. The largest absolute Gasteiger partial charge is 0.343 e. The second-order valence-electron chi connectivity index (χ2n) is 4.43. The average Bonchev–Trinajstić information content (AvgIpc) is 2.28. The van der Waals surface area contributed by atoms with Gasteiger partial charge in [0, 0.05) is 23.7 Å². The quantitative estimate of drug-likeness (QED) is 0.843. The zero-order valence-electron chi connectivity index (χ0n) is 9.97. The van der Waals surface area contributed by atoms with E-state index in [1.54, 1.807) is 12.4 Å². The number of pyridine rings is 1. The van der Waals surface area contributed by atoms with Crippen molar-refractivity contribution in [3.63, 3.8) is 0 Å². The van der Waals surface area contributed by atoms with Gasteiger partial charge in [0.25, 0.3) is 0 Å². The Hall–Kier alpha value is -1.55. The first-order valence-electron chi connectivity index (χ1n) is 5.66. The zero-order chi connectivity index (χ0) is 12.3. The third kappa shape index (κ3) is 3.20. The molecule has 88 valence electrons. The van der Waals surface area contributed by atoms with Crippen molar-refractivity contribution in [3.05, 3.63) is 40.9 Å². The lowest BCUT2D eigenvalue weighted by Gasteiger charge is -2.07. The standard InChI is InChI=1S/C13H15N3S/c1-9(2)7-11-8-12(17)16-13(15-11)10-3-5-14-6-4-10/h3-6,8-9H,7H2,1-2H3,(H,15,16,17). The Bertz CT molecular complexity index is 546. The van der Waals surface area contributed by atoms with Crippen molar-refractivity contribution < 1.29 is 0 Å². The van der Waals surface area contributed by atoms with Crippen LogP contribution in [-0.4, -0.2) is 15.0 Å². The molecule has 2 heterocycles. The highest BCUT2D eigenvalue weighted by Crippen LogP contribution is 2.15. The van der Waals surface area contributed by atoms with E-state index in [4.69, 9.17) is 12.2 Å². The third-order valence-electron chi connectivity index (χ3n) is 2.38. The molecular formula is C13H15N3S. The van der Waals surface area contributed by atoms with Crippen molar-refractivity contribution in [1.29, 1.82) is 0 Å². The van der Waals surface area contributed by atoms with Gasteiger partial charge in [-0.15, -0.1) is 0 Å². The van der Waals surface area contributed by atoms with Gasteiger partial charge in [0.2, 0.25) is 0 Å². The van der Waals surface area contributed by atoms with Crippen LogP contribution in [0.4, 0.5) is 0 Å². The summed E-state index contributed by atoms with van der Waals surface area (Å²) in [4.78, 5) is 11.7. The Morgan fingerprint density at radius 2 is 2.00 bits per heavy atom. The second-order valence-corrected chi connectivity index (χ2v) is 4.85. The second kappa shape index (κ2) is 5.19. The van der Waals surface area contributed by atoms with E-state index in [9.17, 15) is 0 Å². The Kier molecular flexibility index (Phi) is 3.64. The summed E-state index contributed by atoms with van der Waals surface area (Å²) in [6.07, 6.45) is 4.48. The van der Waals surface area contributed by atoms with E-state index in [1.165, 1.54) is 0 Å². The fourth-order valence-corrected chi connectivity index (χ4v) is 1.94. The average molecular weight is 245 g/mol. The maximum atomic E-state index is 5.19. The van der Waals surface area contributed by atoms with Crippen LogP contribution < -0.4 is 0 Å². The van der Waals surface area contributed by atoms with Crippen LogP contribution in [-0.2, 0) is 6.42 Å². The van der Waals surface area contributed by atoms with Gasteiger partial charge in [-0.2, -0.15) is 0 Å². The molecule has 2 aromatic rings. The van der Waals surface area contributed by atoms with Gasteiger partial charge >= 0.3 is 0 Å². The van der Waals surface area contributed by atoms with Gasteiger partial charge in [-0.1, -0.05) is 26.1 Å². The minimum absolute atomic E-state index is 0.591. The van der Waals surface area contributed by atoms with Crippen molar-refractivity contribution in [2.45, 2.75) is 20.3 Å². The highest BCUT2D eigenvalue weighted by Gasteiger charge is 2.03. The molecule has 0 bridgehead atoms. The van der Waals surface area contributed by atoms with Crippen molar-refractivity contribution in [2.24, 2.45) is 5.92 Å². The molecule has 0 aromatic carbocycles. The van der Waals surface area contributed by atoms with Gasteiger partial charge < -0.3 is 4.98 Å². The van der Waals surface area contributed by atoms with E-state index in [-0.39, 0.29) is 0 Å². The summed E-state index contributed by atoms with van der Waals surface area (Å²) in [6, 6.07) is 5.78. The lowest BCUT2D eigenvalue weighted by atomic mass is 10.1. The third-order valence-corrected chi connectivity index (χ3v) is 2.59. The van der Waals surface area contributed by atoms with Gasteiger partial charge in [0.05, 0.1) is 0 Å². The SMILES string of the molecule is CC(C)Cc1cc(=S)nc(-c2ccncc2)[nH]1. The molecule has 0 atom stereocenters. The van der Waals surface area contributed by atoms with Crippen LogP contribution in [0.15, 0.2) is 30.6 Å². The van der Waals surface area contributed by atoms with Gasteiger partial charge in [-0.05, 0) is 30.5 Å². The summed E-state index contributed by atoms with van der Waals surface area (Å²) in [6.45, 7) is 4.37. The van der Waals surface area contributed by atoms with E-state index < -0.39 is 0 Å². The molecule has 0 saturated carbocycles. The molecule has 0 radical (unpaired) electrons. The number of hydrogen-bond acceptors (Lipinski definition) is 3. The molecular weight excluding hydrogens is 230 g/mol. The Morgan fingerprint density at radius 1 is 1.29 bits per heavy atom. The predicted molar refractivity (Wildman–Crippen MR) is 71.2 cm³/mol. The monoisotopic (exact) mass is 245 g/mol. The molecule has 2 rings (SSSR count). The Morgan fingerprint density at radius 3 is 2.65 bits per heavy atom. The number of aromatic nitrogens is 3. The number of nitrogens with one attached hydrogen (secondary N) is 1. The molecule has 0 aliphatic rings. The molecule has 0 fully saturated rings. The van der Waals surface area contributed by atoms with Crippen LogP contribution >= 0.6 is 12.2 Å². The van der Waals surface area contributed by atoms with Crippen molar-refractivity contribution in [2.75, 3.05) is 0 Å². The molecule has 2 aromatic heterocycles. The lowest BCUT2D eigenvalue weighted by molar-refractivity contribution is 0.634. The van der Waals surface area contributed by atoms with Gasteiger partial charge in [-0.3, -0.25) is 4.98 Å². The molecule has 4 heteroatoms. The number of nitrogens with zero attached hydrogens (tertiary/aromatic N) is 2. The van der Waals surface area contributed by atoms with Crippen LogP contribution in [0.2, 0.25) is 0 Å². The molecule has 1 N–H and O–H groups in total. The maximum Gasteiger partial charge on any atom is 0.139 e. The molecule has 17 heavy (non-hydrogen) atoms. The lowest BCUT2D eigenvalue weighted by Crippen LogP contribution is -2.00. The summed E-state index contributed by atoms with van der Waals surface area (Å²) >= 11 is 5.19. The Balaban J connectivity index is 2.42. The molecule has 0 unspecified atom stereocenters. The fourth-order valence-electron chi connectivity index (χ4n) is 1.70. The van der Waals surface area contributed by atoms with E-state index in [2.05, 4.69) is 28.8 Å². The number of H-pyrrole nitrogens is 1. The normalized spacial score (nSPS) is 10.8. The first-order valence-corrected chi connectivity index (χ1v) is 6.06. The topological polar surface area (TPSA) is 41.6 Å². The maximum absolute atomic E-state index is 5.19. The van der Waals surface area contributed by atoms with Gasteiger partial charge in [0.1, 0.15) is 10.5 Å². The molecule has 0 saturated heterocycles. The van der Waals surface area contributed by atoms with Crippen LogP contribution in [0, 0.1) is 10.6 Å². The summed E-state index contributed by atoms with van der Waals surface area (Å²) in [5.74, 6) is 1.41. The predicted octanol–water partition coefficient (Wildman–Crippen LogP) is 3.40. The van der Waals surface area contributed by atoms with E-state index in [1.807, 2.05) is 18.2 Å². The minimum Gasteiger partial charge on any atom is -0.343 e. The highest BCUT2D eigenvalue weighted by atomic mass is 32.1. The van der Waals surface area contributed by atoms with E-state index in [0.717, 1.165) is 23.5 Å². The number of aromatic amines is 1. The number of hydrogen-bond donors (Lipinski definition) is 1. The molecule has 0 amide bonds. The molecule has 3 nitrogen and oxygen atoms in total. The summed E-state index contributed by atoms with van der Waals surface area (Å²) in [5.41, 5.74) is 2.14. The summed E-state index contributed by atoms with van der Waals surface area (Å²) < 4.78 is 0.631. The first kappa shape index (κ1) is 11.9. The van der Waals surface area contributed by atoms with Crippen molar-refractivity contribution >= 4 is 12.2 Å². The Labute approximate surface area is 106 Å². The smallest absolute Gasteiger partial charge is 0.139 e. The molecule has 0 spiro atoms. The molecule has 0 aliphatic carbocycles. The van der Waals surface area contributed by atoms with Gasteiger partial charge in [0.15, 0.2) is 0 Å². The van der Waals surface area contributed by atoms with Gasteiger partial charge in [-0.25, -0.2) is 4.98 Å². The molecule has 0 aliphatic heterocycles. The fraction of sp³-hybridized carbons (Fsp3) is 0.308. The van der Waals surface area contributed by atoms with Crippen molar-refractivity contribution in [3.8, 4) is 11.4 Å². The van der Waals surface area contributed by atoms with E-state index >= 15 is 0 Å². The zero-order valence-corrected chi connectivity index (χ0v) is 10.8. The van der Waals surface area contributed by atoms with Crippen LogP contribution in [0.5, 0.6) is 0 Å². The summed E-state index contributed by atoms with van der Waals surface area (Å²) in [7, 11) is 0. The number of rotatable bonds is 3. The van der Waals surface area contributed by atoms with Crippen LogP contribution in [0.3, 0.4) is 0 Å². The van der Waals surface area contributed by atoms with Crippen LogP contribution in [0.1, 0.15) is 19.5 Å². The van der Waals surface area contributed by atoms with Crippen molar-refractivity contribution in [1.82, 2.24) is 15.0 Å². The first-order chi connectivity index (χ1) is 8.15. The van der Waals surface area contributed by atoms with E-state index in [0.29, 0.717) is 10.6 Å². The summed E-state index contributed by atoms with van der Waals surface area (Å²) in [5, 5.41) is 0.